The topological polar surface area (TPSA) is 38.9 Å². The molecule has 0 saturated carbocycles. The molecular weight excluding hydrogens is 366 g/mol. The fourth-order valence-corrected chi connectivity index (χ4v) is 1.67. The van der Waals surface area contributed by atoms with E-state index in [4.69, 9.17) is 4.42 Å². The van der Waals surface area contributed by atoms with Gasteiger partial charge in [0.1, 0.15) is 5.82 Å². The molecule has 0 aliphatic rings. The zero-order valence-corrected chi connectivity index (χ0v) is 10.4. The van der Waals surface area contributed by atoms with Crippen molar-refractivity contribution in [1.29, 1.82) is 0 Å². The predicted molar refractivity (Wildman–Crippen MR) is 60.1 cm³/mol. The molecule has 0 fully saturated rings. The van der Waals surface area contributed by atoms with Crippen LogP contribution in [0.1, 0.15) is 0 Å². The number of benzene rings is 1. The fourth-order valence-electron chi connectivity index (χ4n) is 0.983. The fraction of sp³-hybridized carbons (Fsp3) is 0. The Balaban J connectivity index is 2.57. The van der Waals surface area contributed by atoms with E-state index in [1.807, 2.05) is 22.6 Å². The van der Waals surface area contributed by atoms with Gasteiger partial charge in [0.15, 0.2) is 0 Å². The van der Waals surface area contributed by atoms with Gasteiger partial charge in [0.2, 0.25) is 0 Å². The summed E-state index contributed by atoms with van der Waals surface area (Å²) >= 11 is 4.96. The van der Waals surface area contributed by atoms with Crippen molar-refractivity contribution < 1.29 is 8.81 Å². The molecule has 1 aromatic heterocycles. The number of aromatic nitrogens is 2. The van der Waals surface area contributed by atoms with E-state index in [-0.39, 0.29) is 5.89 Å². The predicted octanol–water partition coefficient (Wildman–Crippen LogP) is 3.24. The monoisotopic (exact) mass is 368 g/mol. The standard InChI is InChI=1S/C8H3BrFIN2O/c9-5-3-1-2-4(6(5)10)7-12-13-8(11)14-7/h1-3H. The number of halogens is 3. The van der Waals surface area contributed by atoms with E-state index < -0.39 is 5.82 Å². The van der Waals surface area contributed by atoms with Crippen molar-refractivity contribution in [2.24, 2.45) is 0 Å². The molecule has 0 saturated heterocycles. The normalized spacial score (nSPS) is 10.5. The van der Waals surface area contributed by atoms with Gasteiger partial charge in [-0.2, -0.15) is 0 Å². The molecule has 0 aliphatic heterocycles. The average molecular weight is 369 g/mol. The summed E-state index contributed by atoms with van der Waals surface area (Å²) in [6, 6.07) is 4.91. The molecule has 1 heterocycles. The van der Waals surface area contributed by atoms with Gasteiger partial charge in [0.25, 0.3) is 9.79 Å². The summed E-state index contributed by atoms with van der Waals surface area (Å²) in [6.07, 6.45) is 0. The van der Waals surface area contributed by atoms with Crippen LogP contribution in [0.15, 0.2) is 27.1 Å². The summed E-state index contributed by atoms with van der Waals surface area (Å²) < 4.78 is 19.4. The Labute approximate surface area is 101 Å². The van der Waals surface area contributed by atoms with E-state index in [0.717, 1.165) is 0 Å². The SMILES string of the molecule is Fc1c(Br)cccc1-c1nnc(I)o1. The highest BCUT2D eigenvalue weighted by atomic mass is 127. The third-order valence-corrected chi connectivity index (χ3v) is 2.63. The van der Waals surface area contributed by atoms with Crippen LogP contribution in [-0.2, 0) is 0 Å². The molecule has 72 valence electrons. The minimum Gasteiger partial charge on any atom is -0.412 e. The minimum absolute atomic E-state index is 0.188. The van der Waals surface area contributed by atoms with Crippen molar-refractivity contribution >= 4 is 38.5 Å². The van der Waals surface area contributed by atoms with Gasteiger partial charge in [-0.3, -0.25) is 0 Å². The highest BCUT2D eigenvalue weighted by molar-refractivity contribution is 14.1. The van der Waals surface area contributed by atoms with Gasteiger partial charge >= 0.3 is 0 Å². The molecule has 6 heteroatoms. The average Bonchev–Trinajstić information content (AvgIpc) is 2.57. The molecule has 0 N–H and O–H groups in total. The summed E-state index contributed by atoms with van der Waals surface area (Å²) in [7, 11) is 0. The van der Waals surface area contributed by atoms with Crippen LogP contribution in [0.2, 0.25) is 0 Å². The molecule has 0 aliphatic carbocycles. The minimum atomic E-state index is -0.396. The molecule has 14 heavy (non-hydrogen) atoms. The Hall–Kier alpha value is -0.500. The zero-order chi connectivity index (χ0) is 10.1. The maximum absolute atomic E-state index is 13.5. The molecule has 0 atom stereocenters. The lowest BCUT2D eigenvalue weighted by molar-refractivity contribution is 0.529. The first-order chi connectivity index (χ1) is 6.68. The van der Waals surface area contributed by atoms with Gasteiger partial charge in [0.05, 0.1) is 10.0 Å². The van der Waals surface area contributed by atoms with Crippen LogP contribution in [0.4, 0.5) is 4.39 Å². The third kappa shape index (κ3) is 1.81. The first-order valence-corrected chi connectivity index (χ1v) is 5.49. The van der Waals surface area contributed by atoms with Crippen molar-refractivity contribution in [2.75, 3.05) is 0 Å². The van der Waals surface area contributed by atoms with Crippen LogP contribution in [0.3, 0.4) is 0 Å². The molecule has 0 radical (unpaired) electrons. The second-order valence-corrected chi connectivity index (χ2v) is 4.24. The summed E-state index contributed by atoms with van der Waals surface area (Å²) in [6.45, 7) is 0. The van der Waals surface area contributed by atoms with Gasteiger partial charge in [-0.1, -0.05) is 6.07 Å². The van der Waals surface area contributed by atoms with E-state index in [9.17, 15) is 4.39 Å². The van der Waals surface area contributed by atoms with Crippen molar-refractivity contribution in [2.45, 2.75) is 0 Å². The van der Waals surface area contributed by atoms with Crippen LogP contribution in [-0.4, -0.2) is 10.2 Å². The van der Waals surface area contributed by atoms with E-state index in [0.29, 0.717) is 13.9 Å². The van der Waals surface area contributed by atoms with Crippen LogP contribution >= 0.6 is 38.5 Å². The first-order valence-electron chi connectivity index (χ1n) is 3.62. The van der Waals surface area contributed by atoms with Crippen molar-refractivity contribution in [3.8, 4) is 11.5 Å². The maximum Gasteiger partial charge on any atom is 0.278 e. The van der Waals surface area contributed by atoms with E-state index in [1.54, 1.807) is 18.2 Å². The molecule has 0 amide bonds. The summed E-state index contributed by atoms with van der Waals surface area (Å²) in [5, 5.41) is 7.35. The zero-order valence-electron chi connectivity index (χ0n) is 6.67. The molecule has 2 aromatic rings. The summed E-state index contributed by atoms with van der Waals surface area (Å²) in [5.41, 5.74) is 0.301. The molecule has 0 spiro atoms. The van der Waals surface area contributed by atoms with Crippen molar-refractivity contribution in [3.63, 3.8) is 0 Å². The van der Waals surface area contributed by atoms with Crippen molar-refractivity contribution in [3.05, 3.63) is 32.4 Å². The number of hydrogen-bond donors (Lipinski definition) is 0. The Morgan fingerprint density at radius 2 is 2.14 bits per heavy atom. The first kappa shape index (κ1) is 10.0. The molecule has 2 rings (SSSR count). The third-order valence-electron chi connectivity index (χ3n) is 1.58. The highest BCUT2D eigenvalue weighted by Crippen LogP contribution is 2.26. The molecule has 0 unspecified atom stereocenters. The summed E-state index contributed by atoms with van der Waals surface area (Å²) in [4.78, 5) is 0. The second-order valence-electron chi connectivity index (χ2n) is 2.46. The van der Waals surface area contributed by atoms with Gasteiger partial charge in [-0.25, -0.2) is 4.39 Å². The second kappa shape index (κ2) is 3.93. The Morgan fingerprint density at radius 3 is 2.79 bits per heavy atom. The van der Waals surface area contributed by atoms with E-state index in [1.165, 1.54) is 0 Å². The largest absolute Gasteiger partial charge is 0.412 e. The number of hydrogen-bond acceptors (Lipinski definition) is 3. The molecule has 0 bridgehead atoms. The molecule has 1 aromatic carbocycles. The number of rotatable bonds is 1. The van der Waals surface area contributed by atoms with Crippen LogP contribution in [0, 0.1) is 9.71 Å². The highest BCUT2D eigenvalue weighted by Gasteiger charge is 2.13. The van der Waals surface area contributed by atoms with Crippen LogP contribution in [0.5, 0.6) is 0 Å². The van der Waals surface area contributed by atoms with Crippen molar-refractivity contribution in [1.82, 2.24) is 10.2 Å². The van der Waals surface area contributed by atoms with Gasteiger partial charge in [-0.15, -0.1) is 10.2 Å². The van der Waals surface area contributed by atoms with E-state index in [2.05, 4.69) is 26.1 Å². The lowest BCUT2D eigenvalue weighted by Crippen LogP contribution is -1.85. The quantitative estimate of drug-likeness (QED) is 0.725. The molecular formula is C8H3BrFIN2O. The Morgan fingerprint density at radius 1 is 1.36 bits per heavy atom. The maximum atomic E-state index is 13.5. The van der Waals surface area contributed by atoms with Gasteiger partial charge < -0.3 is 4.42 Å². The van der Waals surface area contributed by atoms with E-state index >= 15 is 0 Å². The lowest BCUT2D eigenvalue weighted by atomic mass is 10.2. The van der Waals surface area contributed by atoms with Gasteiger partial charge in [-0.05, 0) is 28.1 Å². The van der Waals surface area contributed by atoms with Crippen LogP contribution in [0.25, 0.3) is 11.5 Å². The summed E-state index contributed by atoms with van der Waals surface area (Å²) in [5.74, 6) is -0.208. The van der Waals surface area contributed by atoms with Crippen LogP contribution < -0.4 is 0 Å². The van der Waals surface area contributed by atoms with Gasteiger partial charge in [0, 0.05) is 22.6 Å². The smallest absolute Gasteiger partial charge is 0.278 e. The Bertz CT molecular complexity index is 474. The Kier molecular flexibility index (Phi) is 2.82. The number of nitrogens with zero attached hydrogens (tertiary/aromatic N) is 2. The lowest BCUT2D eigenvalue weighted by Gasteiger charge is -1.98. The molecule has 3 nitrogen and oxygen atoms in total.